The number of nitrogens with one attached hydrogen (secondary N) is 1. The number of nitro benzene ring substituents is 1. The molecule has 0 aromatic heterocycles. The molecule has 136 valence electrons. The molecule has 8 nitrogen and oxygen atoms in total. The zero-order chi connectivity index (χ0) is 18.5. The van der Waals surface area contributed by atoms with Gasteiger partial charge in [0.25, 0.3) is 0 Å². The average Bonchev–Trinajstić information content (AvgIpc) is 2.66. The van der Waals surface area contributed by atoms with Crippen molar-refractivity contribution in [2.24, 2.45) is 0 Å². The smallest absolute Gasteiger partial charge is 0.407 e. The van der Waals surface area contributed by atoms with Crippen LogP contribution in [-0.2, 0) is 6.54 Å². The van der Waals surface area contributed by atoms with Gasteiger partial charge in [0.15, 0.2) is 0 Å². The molecule has 1 amide bonds. The number of nitrogens with zero attached hydrogens (tertiary/aromatic N) is 3. The molecule has 8 heteroatoms. The first-order valence-electron chi connectivity index (χ1n) is 8.34. The van der Waals surface area contributed by atoms with E-state index < -0.39 is 6.09 Å². The molecule has 1 saturated heterocycles. The maximum atomic E-state index is 11.7. The highest BCUT2D eigenvalue weighted by atomic mass is 16.6. The Hall–Kier alpha value is -3.29. The molecule has 2 aromatic carbocycles. The molecule has 1 heterocycles. The van der Waals surface area contributed by atoms with E-state index in [1.54, 1.807) is 18.2 Å². The number of amides is 1. The molecular formula is C18H20N4O4. The molecule has 0 atom stereocenters. The van der Waals surface area contributed by atoms with Crippen LogP contribution < -0.4 is 10.2 Å². The van der Waals surface area contributed by atoms with Crippen LogP contribution in [0.3, 0.4) is 0 Å². The lowest BCUT2D eigenvalue weighted by Crippen LogP contribution is -2.48. The minimum absolute atomic E-state index is 0.0206. The van der Waals surface area contributed by atoms with Gasteiger partial charge in [-0.15, -0.1) is 0 Å². The molecule has 0 radical (unpaired) electrons. The fourth-order valence-corrected chi connectivity index (χ4v) is 3.05. The highest BCUT2D eigenvalue weighted by Crippen LogP contribution is 2.36. The van der Waals surface area contributed by atoms with Gasteiger partial charge in [-0.3, -0.25) is 10.1 Å². The van der Waals surface area contributed by atoms with Crippen molar-refractivity contribution in [1.29, 1.82) is 0 Å². The summed E-state index contributed by atoms with van der Waals surface area (Å²) < 4.78 is 0. The second-order valence-corrected chi connectivity index (χ2v) is 6.03. The molecule has 0 spiro atoms. The summed E-state index contributed by atoms with van der Waals surface area (Å²) in [5.74, 6) is 0. The number of carboxylic acid groups (broad SMARTS) is 1. The summed E-state index contributed by atoms with van der Waals surface area (Å²) in [6, 6.07) is 14.8. The summed E-state index contributed by atoms with van der Waals surface area (Å²) in [7, 11) is 0. The lowest BCUT2D eigenvalue weighted by molar-refractivity contribution is -0.383. The topological polar surface area (TPSA) is 99.0 Å². The van der Waals surface area contributed by atoms with Crippen molar-refractivity contribution in [2.75, 3.05) is 36.4 Å². The van der Waals surface area contributed by atoms with Gasteiger partial charge in [0.1, 0.15) is 11.4 Å². The average molecular weight is 356 g/mol. The van der Waals surface area contributed by atoms with Gasteiger partial charge in [0.2, 0.25) is 0 Å². The monoisotopic (exact) mass is 356 g/mol. The number of anilines is 2. The molecule has 0 saturated carbocycles. The normalized spacial score (nSPS) is 14.2. The Bertz CT molecular complexity index is 789. The van der Waals surface area contributed by atoms with Crippen LogP contribution >= 0.6 is 0 Å². The van der Waals surface area contributed by atoms with Crippen LogP contribution in [0.2, 0.25) is 0 Å². The number of nitro groups is 1. The molecular weight excluding hydrogens is 336 g/mol. The van der Waals surface area contributed by atoms with Crippen molar-refractivity contribution in [3.63, 3.8) is 0 Å². The fourth-order valence-electron chi connectivity index (χ4n) is 3.05. The van der Waals surface area contributed by atoms with Gasteiger partial charge in [-0.2, -0.15) is 0 Å². The van der Waals surface area contributed by atoms with Crippen LogP contribution in [0.15, 0.2) is 48.5 Å². The zero-order valence-electron chi connectivity index (χ0n) is 14.2. The first kappa shape index (κ1) is 17.5. The SMILES string of the molecule is O=C(O)N1CCN(c2cccc(NCc3ccccc3)c2[N+](=O)[O-])CC1. The Morgan fingerprint density at radius 2 is 1.77 bits per heavy atom. The summed E-state index contributed by atoms with van der Waals surface area (Å²) in [4.78, 5) is 25.5. The summed E-state index contributed by atoms with van der Waals surface area (Å²) >= 11 is 0. The molecule has 0 aliphatic carbocycles. The summed E-state index contributed by atoms with van der Waals surface area (Å²) in [6.45, 7) is 1.99. The number of rotatable bonds is 5. The number of hydrogen-bond donors (Lipinski definition) is 2. The van der Waals surface area contributed by atoms with Crippen LogP contribution in [0.4, 0.5) is 21.9 Å². The van der Waals surface area contributed by atoms with Crippen LogP contribution in [-0.4, -0.2) is 47.2 Å². The maximum Gasteiger partial charge on any atom is 0.407 e. The third-order valence-electron chi connectivity index (χ3n) is 4.41. The third kappa shape index (κ3) is 3.85. The molecule has 0 unspecified atom stereocenters. The van der Waals surface area contributed by atoms with Crippen molar-refractivity contribution in [1.82, 2.24) is 4.90 Å². The minimum Gasteiger partial charge on any atom is -0.465 e. The van der Waals surface area contributed by atoms with Crippen LogP contribution in [0.1, 0.15) is 5.56 Å². The zero-order valence-corrected chi connectivity index (χ0v) is 14.2. The second kappa shape index (κ2) is 7.73. The Morgan fingerprint density at radius 3 is 2.38 bits per heavy atom. The number of hydrogen-bond acceptors (Lipinski definition) is 5. The Kier molecular flexibility index (Phi) is 5.21. The number of benzene rings is 2. The maximum absolute atomic E-state index is 11.7. The molecule has 26 heavy (non-hydrogen) atoms. The van der Waals surface area contributed by atoms with E-state index in [0.717, 1.165) is 5.56 Å². The summed E-state index contributed by atoms with van der Waals surface area (Å²) in [5, 5.41) is 23.9. The summed E-state index contributed by atoms with van der Waals surface area (Å²) in [6.07, 6.45) is -0.961. The first-order chi connectivity index (χ1) is 12.6. The van der Waals surface area contributed by atoms with E-state index in [1.165, 1.54) is 4.90 Å². The van der Waals surface area contributed by atoms with Gasteiger partial charge in [-0.25, -0.2) is 4.79 Å². The van der Waals surface area contributed by atoms with Crippen molar-refractivity contribution in [3.8, 4) is 0 Å². The second-order valence-electron chi connectivity index (χ2n) is 6.03. The Labute approximate surface area is 150 Å². The van der Waals surface area contributed by atoms with E-state index in [0.29, 0.717) is 44.1 Å². The van der Waals surface area contributed by atoms with Gasteiger partial charge >= 0.3 is 11.8 Å². The van der Waals surface area contributed by atoms with Crippen molar-refractivity contribution in [2.45, 2.75) is 6.54 Å². The molecule has 0 bridgehead atoms. The van der Waals surface area contributed by atoms with Gasteiger partial charge < -0.3 is 20.2 Å². The van der Waals surface area contributed by atoms with Crippen molar-refractivity contribution in [3.05, 3.63) is 64.2 Å². The van der Waals surface area contributed by atoms with E-state index >= 15 is 0 Å². The predicted molar refractivity (Wildman–Crippen MR) is 98.7 cm³/mol. The van der Waals surface area contributed by atoms with E-state index in [1.807, 2.05) is 35.2 Å². The van der Waals surface area contributed by atoms with Gasteiger partial charge in [-0.1, -0.05) is 36.4 Å². The Morgan fingerprint density at radius 1 is 1.08 bits per heavy atom. The summed E-state index contributed by atoms with van der Waals surface area (Å²) in [5.41, 5.74) is 2.02. The van der Waals surface area contributed by atoms with Crippen LogP contribution in [0.5, 0.6) is 0 Å². The van der Waals surface area contributed by atoms with Crippen LogP contribution in [0.25, 0.3) is 0 Å². The molecule has 1 aliphatic heterocycles. The van der Waals surface area contributed by atoms with E-state index in [-0.39, 0.29) is 10.6 Å². The van der Waals surface area contributed by atoms with Gasteiger partial charge in [0.05, 0.1) is 4.92 Å². The highest BCUT2D eigenvalue weighted by Gasteiger charge is 2.27. The van der Waals surface area contributed by atoms with Gasteiger partial charge in [-0.05, 0) is 17.7 Å². The van der Waals surface area contributed by atoms with Crippen LogP contribution in [0, 0.1) is 10.1 Å². The van der Waals surface area contributed by atoms with Crippen molar-refractivity contribution >= 4 is 23.2 Å². The standard InChI is InChI=1S/C18H20N4O4/c23-18(24)21-11-9-20(10-12-21)16-8-4-7-15(17(16)22(25)26)19-13-14-5-2-1-3-6-14/h1-8,19H,9-13H2,(H,23,24). The number of para-hydroxylation sites is 1. The lowest BCUT2D eigenvalue weighted by Gasteiger charge is -2.34. The molecule has 1 fully saturated rings. The minimum atomic E-state index is -0.961. The largest absolute Gasteiger partial charge is 0.465 e. The molecule has 3 rings (SSSR count). The predicted octanol–water partition coefficient (Wildman–Crippen LogP) is 3.01. The third-order valence-corrected chi connectivity index (χ3v) is 4.41. The number of carbonyl (C=O) groups is 1. The first-order valence-corrected chi connectivity index (χ1v) is 8.34. The molecule has 2 N–H and O–H groups in total. The van der Waals surface area contributed by atoms with Gasteiger partial charge in [0, 0.05) is 32.7 Å². The Balaban J connectivity index is 1.80. The number of piperazine rings is 1. The van der Waals surface area contributed by atoms with E-state index in [2.05, 4.69) is 5.32 Å². The molecule has 2 aromatic rings. The highest BCUT2D eigenvalue weighted by molar-refractivity contribution is 5.77. The molecule has 1 aliphatic rings. The quantitative estimate of drug-likeness (QED) is 0.631. The van der Waals surface area contributed by atoms with Crippen molar-refractivity contribution < 1.29 is 14.8 Å². The van der Waals surface area contributed by atoms with E-state index in [4.69, 9.17) is 5.11 Å². The lowest BCUT2D eigenvalue weighted by atomic mass is 10.1. The van der Waals surface area contributed by atoms with E-state index in [9.17, 15) is 14.9 Å². The fraction of sp³-hybridized carbons (Fsp3) is 0.278.